The molecule has 0 bridgehead atoms. The first-order chi connectivity index (χ1) is 6.99. The summed E-state index contributed by atoms with van der Waals surface area (Å²) in [5.41, 5.74) is 0.163. The molecule has 1 N–H and O–H groups in total. The van der Waals surface area contributed by atoms with Crippen LogP contribution in [0.3, 0.4) is 0 Å². The maximum Gasteiger partial charge on any atom is 0.222 e. The summed E-state index contributed by atoms with van der Waals surface area (Å²) in [5, 5.41) is 0. The van der Waals surface area contributed by atoms with Crippen molar-refractivity contribution in [2.45, 2.75) is 6.92 Å². The molecule has 0 saturated carbocycles. The molecule has 0 aromatic heterocycles. The summed E-state index contributed by atoms with van der Waals surface area (Å²) in [7, 11) is 0.143. The molecular weight excluding hydrogens is 220 g/mol. The highest BCUT2D eigenvalue weighted by Gasteiger charge is 1.97. The van der Waals surface area contributed by atoms with Crippen LogP contribution in [0.5, 0.6) is 0 Å². The predicted octanol–water partition coefficient (Wildman–Crippen LogP) is 0.169. The van der Waals surface area contributed by atoms with Crippen LogP contribution in [-0.2, 0) is 20.4 Å². The van der Waals surface area contributed by atoms with Crippen molar-refractivity contribution in [3.8, 4) is 0 Å². The first-order valence-electron chi connectivity index (χ1n) is 3.94. The number of nitrogens with zero attached hydrogens (tertiary/aromatic N) is 1. The lowest BCUT2D eigenvalue weighted by Gasteiger charge is -2.03. The summed E-state index contributed by atoms with van der Waals surface area (Å²) in [4.78, 5) is 3.90. The first kappa shape index (κ1) is 13.5. The Bertz CT molecular complexity index is 350. The monoisotopic (exact) mass is 234 g/mol. The number of ether oxygens (including phenoxy) is 2. The van der Waals surface area contributed by atoms with Gasteiger partial charge in [0.2, 0.25) is 16.8 Å². The zero-order valence-corrected chi connectivity index (χ0v) is 9.71. The van der Waals surface area contributed by atoms with Gasteiger partial charge in [-0.25, -0.2) is 8.42 Å². The molecule has 0 amide bonds. The minimum absolute atomic E-state index is 0.163. The van der Waals surface area contributed by atoms with E-state index in [0.29, 0.717) is 5.90 Å². The molecule has 0 unspecified atom stereocenters. The van der Waals surface area contributed by atoms with Gasteiger partial charge >= 0.3 is 0 Å². The molecule has 0 aromatic rings. The van der Waals surface area contributed by atoms with Crippen molar-refractivity contribution in [1.82, 2.24) is 4.72 Å². The van der Waals surface area contributed by atoms with E-state index in [1.54, 1.807) is 6.92 Å². The molecule has 86 valence electrons. The molecule has 0 aliphatic carbocycles. The molecule has 0 heterocycles. The van der Waals surface area contributed by atoms with Crippen LogP contribution in [0.2, 0.25) is 0 Å². The molecule has 6 nitrogen and oxygen atoms in total. The Kier molecular flexibility index (Phi) is 6.19. The number of methoxy groups -OCH3 is 2. The Hall–Kier alpha value is -1.50. The Labute approximate surface area is 90.4 Å². The van der Waals surface area contributed by atoms with Crippen LogP contribution in [0, 0.1) is 0 Å². The van der Waals surface area contributed by atoms with E-state index in [1.165, 1.54) is 20.3 Å². The van der Waals surface area contributed by atoms with E-state index in [4.69, 9.17) is 9.47 Å². The van der Waals surface area contributed by atoms with Gasteiger partial charge in [-0.05, 0) is 0 Å². The highest BCUT2D eigenvalue weighted by molar-refractivity contribution is 7.70. The third-order valence-electron chi connectivity index (χ3n) is 1.30. The van der Waals surface area contributed by atoms with Crippen LogP contribution in [-0.4, -0.2) is 28.5 Å². The third kappa shape index (κ3) is 6.55. The van der Waals surface area contributed by atoms with E-state index >= 15 is 0 Å². The molecular formula is C8H14N2O4S. The van der Waals surface area contributed by atoms with Gasteiger partial charge in [-0.15, -0.1) is 0 Å². The molecule has 0 aliphatic heterocycles. The van der Waals surface area contributed by atoms with Gasteiger partial charge in [-0.2, -0.15) is 4.99 Å². The lowest BCUT2D eigenvalue weighted by atomic mass is 10.5. The molecule has 0 aliphatic rings. The minimum Gasteiger partial charge on any atom is -0.484 e. The summed E-state index contributed by atoms with van der Waals surface area (Å²) in [6.45, 7) is 5.09. The average Bonchev–Trinajstić information content (AvgIpc) is 2.15. The highest BCUT2D eigenvalue weighted by Crippen LogP contribution is 2.02. The zero-order valence-electron chi connectivity index (χ0n) is 8.81. The van der Waals surface area contributed by atoms with E-state index in [-0.39, 0.29) is 11.6 Å². The molecule has 0 fully saturated rings. The van der Waals surface area contributed by atoms with Gasteiger partial charge in [-0.1, -0.05) is 6.58 Å². The molecule has 0 aromatic carbocycles. The molecule has 0 saturated heterocycles. The van der Waals surface area contributed by atoms with Gasteiger partial charge in [0.25, 0.3) is 0 Å². The average molecular weight is 234 g/mol. The van der Waals surface area contributed by atoms with Gasteiger partial charge < -0.3 is 9.47 Å². The van der Waals surface area contributed by atoms with Crippen LogP contribution in [0.25, 0.3) is 0 Å². The number of rotatable bonds is 5. The van der Waals surface area contributed by atoms with Gasteiger partial charge in [0.1, 0.15) is 0 Å². The fourth-order valence-electron chi connectivity index (χ4n) is 0.636. The van der Waals surface area contributed by atoms with Crippen LogP contribution < -0.4 is 4.72 Å². The number of aliphatic imine (C=N–C) groups is 1. The Balaban J connectivity index is 4.66. The standard InChI is InChI=1S/C8H14N2O4S/c1-6(10-15(11)12)5-8(14-4)9-7(2)13-3/h5,15H,1H2,2-4H3,(H,10,11,12)/b8-5+,9-7+. The molecule has 15 heavy (non-hydrogen) atoms. The summed E-state index contributed by atoms with van der Waals surface area (Å²) in [6.07, 6.45) is 1.34. The molecule has 0 spiro atoms. The third-order valence-corrected chi connectivity index (χ3v) is 1.77. The Morgan fingerprint density at radius 3 is 2.40 bits per heavy atom. The number of allylic oxidation sites excluding steroid dienone is 1. The first-order valence-corrected chi connectivity index (χ1v) is 5.12. The number of hydrogen-bond acceptors (Lipinski definition) is 5. The largest absolute Gasteiger partial charge is 0.484 e. The van der Waals surface area contributed by atoms with Gasteiger partial charge in [0, 0.05) is 18.7 Å². The second kappa shape index (κ2) is 6.88. The fourth-order valence-corrected chi connectivity index (χ4v) is 0.935. The predicted molar refractivity (Wildman–Crippen MR) is 57.8 cm³/mol. The van der Waals surface area contributed by atoms with Gasteiger partial charge in [-0.3, -0.25) is 4.72 Å². The van der Waals surface area contributed by atoms with Crippen molar-refractivity contribution < 1.29 is 17.9 Å². The quantitative estimate of drug-likeness (QED) is 0.234. The summed E-state index contributed by atoms with van der Waals surface area (Å²) in [5.74, 6) is 0.589. The van der Waals surface area contributed by atoms with Gasteiger partial charge in [0.15, 0.2) is 5.90 Å². The number of thiol groups is 1. The van der Waals surface area contributed by atoms with Crippen molar-refractivity contribution in [3.05, 3.63) is 24.2 Å². The summed E-state index contributed by atoms with van der Waals surface area (Å²) < 4.78 is 32.4. The van der Waals surface area contributed by atoms with E-state index in [2.05, 4.69) is 16.3 Å². The van der Waals surface area contributed by atoms with Crippen LogP contribution >= 0.6 is 0 Å². The fraction of sp³-hybridized carbons (Fsp3) is 0.375. The lowest BCUT2D eigenvalue weighted by Crippen LogP contribution is -2.08. The SMILES string of the molecule is C=C(/C=C(\N=C(/C)OC)OC)N[SH](=O)=O. The molecule has 7 heteroatoms. The maximum atomic E-state index is 10.3. The second-order valence-corrected chi connectivity index (χ2v) is 3.15. The van der Waals surface area contributed by atoms with Crippen LogP contribution in [0.1, 0.15) is 6.92 Å². The summed E-state index contributed by atoms with van der Waals surface area (Å²) in [6, 6.07) is 0. The second-order valence-electron chi connectivity index (χ2n) is 2.42. The van der Waals surface area contributed by atoms with Gasteiger partial charge in [0.05, 0.1) is 14.2 Å². The van der Waals surface area contributed by atoms with Crippen LogP contribution in [0.4, 0.5) is 0 Å². The number of hydrogen-bond donors (Lipinski definition) is 2. The maximum absolute atomic E-state index is 10.3. The molecule has 0 atom stereocenters. The molecule has 0 rings (SSSR count). The Morgan fingerprint density at radius 1 is 1.40 bits per heavy atom. The smallest absolute Gasteiger partial charge is 0.222 e. The topological polar surface area (TPSA) is 77.0 Å². The minimum atomic E-state index is -2.73. The van der Waals surface area contributed by atoms with Crippen molar-refractivity contribution >= 4 is 16.8 Å². The summed E-state index contributed by atoms with van der Waals surface area (Å²) >= 11 is 0. The van der Waals surface area contributed by atoms with Crippen molar-refractivity contribution in [2.75, 3.05) is 14.2 Å². The van der Waals surface area contributed by atoms with Crippen molar-refractivity contribution in [2.24, 2.45) is 4.99 Å². The van der Waals surface area contributed by atoms with Crippen LogP contribution in [0.15, 0.2) is 29.2 Å². The van der Waals surface area contributed by atoms with E-state index < -0.39 is 10.9 Å². The normalized spacial score (nSPS) is 12.5. The van der Waals surface area contributed by atoms with E-state index in [0.717, 1.165) is 0 Å². The molecule has 0 radical (unpaired) electrons. The van der Waals surface area contributed by atoms with Crippen molar-refractivity contribution in [3.63, 3.8) is 0 Å². The van der Waals surface area contributed by atoms with E-state index in [9.17, 15) is 8.42 Å². The van der Waals surface area contributed by atoms with Crippen molar-refractivity contribution in [1.29, 1.82) is 0 Å². The highest BCUT2D eigenvalue weighted by atomic mass is 32.2. The zero-order chi connectivity index (χ0) is 11.8. The number of nitrogens with one attached hydrogen (secondary N) is 1. The van der Waals surface area contributed by atoms with E-state index in [1.807, 2.05) is 0 Å². The Morgan fingerprint density at radius 2 is 2.00 bits per heavy atom. The lowest BCUT2D eigenvalue weighted by molar-refractivity contribution is 0.283.